The van der Waals surface area contributed by atoms with E-state index in [4.69, 9.17) is 5.73 Å². The highest BCUT2D eigenvalue weighted by molar-refractivity contribution is 7.80. The summed E-state index contributed by atoms with van der Waals surface area (Å²) < 4.78 is 0. The van der Waals surface area contributed by atoms with Crippen molar-refractivity contribution in [2.75, 3.05) is 6.54 Å². The number of rotatable bonds is 4. The Morgan fingerprint density at radius 2 is 2.40 bits per heavy atom. The average molecular weight is 160 g/mol. The largest absolute Gasteiger partial charge is 0.376 e. The van der Waals surface area contributed by atoms with E-state index in [1.807, 2.05) is 6.92 Å². The molecule has 4 heteroatoms. The van der Waals surface area contributed by atoms with Crippen molar-refractivity contribution in [3.8, 4) is 0 Å². The molecule has 0 aliphatic heterocycles. The second-order valence-electron chi connectivity index (χ2n) is 1.99. The molecule has 0 radical (unpaired) electrons. The molecule has 2 N–H and O–H groups in total. The SMILES string of the molecule is CCCCN(C=O)C(N)=S. The zero-order valence-electron chi connectivity index (χ0n) is 6.04. The van der Waals surface area contributed by atoms with Gasteiger partial charge in [-0.05, 0) is 18.6 Å². The highest BCUT2D eigenvalue weighted by atomic mass is 32.1. The number of nitrogens with two attached hydrogens (primary N) is 1. The summed E-state index contributed by atoms with van der Waals surface area (Å²) in [5, 5.41) is 0.156. The van der Waals surface area contributed by atoms with Gasteiger partial charge in [-0.1, -0.05) is 13.3 Å². The molecule has 0 unspecified atom stereocenters. The van der Waals surface area contributed by atoms with Crippen LogP contribution in [0.1, 0.15) is 19.8 Å². The van der Waals surface area contributed by atoms with E-state index in [1.54, 1.807) is 0 Å². The van der Waals surface area contributed by atoms with E-state index in [9.17, 15) is 4.79 Å². The van der Waals surface area contributed by atoms with E-state index in [1.165, 1.54) is 4.90 Å². The quantitative estimate of drug-likeness (QED) is 0.481. The minimum absolute atomic E-state index is 0.156. The van der Waals surface area contributed by atoms with Crippen molar-refractivity contribution in [3.63, 3.8) is 0 Å². The summed E-state index contributed by atoms with van der Waals surface area (Å²) in [4.78, 5) is 11.5. The second kappa shape index (κ2) is 5.17. The lowest BCUT2D eigenvalue weighted by atomic mass is 10.3. The lowest BCUT2D eigenvalue weighted by Gasteiger charge is -2.13. The maximum atomic E-state index is 10.2. The Morgan fingerprint density at radius 3 is 2.70 bits per heavy atom. The van der Waals surface area contributed by atoms with Crippen LogP contribution in [-0.2, 0) is 4.79 Å². The van der Waals surface area contributed by atoms with Gasteiger partial charge in [0, 0.05) is 6.54 Å². The van der Waals surface area contributed by atoms with Gasteiger partial charge in [0.25, 0.3) is 0 Å². The number of amides is 1. The number of carbonyl (C=O) groups is 1. The normalized spacial score (nSPS) is 8.90. The Bertz CT molecular complexity index is 127. The molecule has 0 heterocycles. The van der Waals surface area contributed by atoms with Gasteiger partial charge in [0.05, 0.1) is 0 Å². The van der Waals surface area contributed by atoms with Crippen molar-refractivity contribution in [3.05, 3.63) is 0 Å². The number of nitrogens with zero attached hydrogens (tertiary/aromatic N) is 1. The summed E-state index contributed by atoms with van der Waals surface area (Å²) in [6, 6.07) is 0. The highest BCUT2D eigenvalue weighted by Gasteiger charge is 2.01. The van der Waals surface area contributed by atoms with Crippen molar-refractivity contribution < 1.29 is 4.79 Å². The summed E-state index contributed by atoms with van der Waals surface area (Å²) in [6.07, 6.45) is 2.64. The molecule has 10 heavy (non-hydrogen) atoms. The lowest BCUT2D eigenvalue weighted by Crippen LogP contribution is -2.34. The first-order valence-electron chi connectivity index (χ1n) is 3.23. The minimum Gasteiger partial charge on any atom is -0.376 e. The van der Waals surface area contributed by atoms with E-state index < -0.39 is 0 Å². The number of thiocarbonyl (C=S) groups is 1. The number of carbonyl (C=O) groups excluding carboxylic acids is 1. The van der Waals surface area contributed by atoms with Gasteiger partial charge < -0.3 is 5.73 Å². The third kappa shape index (κ3) is 3.40. The van der Waals surface area contributed by atoms with Crippen molar-refractivity contribution in [2.45, 2.75) is 19.8 Å². The van der Waals surface area contributed by atoms with Crippen molar-refractivity contribution in [1.82, 2.24) is 4.90 Å². The molecule has 0 rings (SSSR count). The van der Waals surface area contributed by atoms with Crippen LogP contribution in [0.5, 0.6) is 0 Å². The van der Waals surface area contributed by atoms with Crippen LogP contribution >= 0.6 is 12.2 Å². The van der Waals surface area contributed by atoms with Gasteiger partial charge in [-0.2, -0.15) is 0 Å². The van der Waals surface area contributed by atoms with Crippen LogP contribution in [0.4, 0.5) is 0 Å². The molecule has 0 bridgehead atoms. The molecule has 58 valence electrons. The third-order valence-corrected chi connectivity index (χ3v) is 1.40. The molecule has 0 aliphatic rings. The van der Waals surface area contributed by atoms with Gasteiger partial charge in [-0.3, -0.25) is 9.69 Å². The van der Waals surface area contributed by atoms with Gasteiger partial charge in [-0.25, -0.2) is 0 Å². The second-order valence-corrected chi connectivity index (χ2v) is 2.41. The van der Waals surface area contributed by atoms with Crippen LogP contribution in [0.25, 0.3) is 0 Å². The molecular formula is C6H12N2OS. The molecule has 1 amide bonds. The summed E-state index contributed by atoms with van der Waals surface area (Å²) in [5.74, 6) is 0. The summed E-state index contributed by atoms with van der Waals surface area (Å²) >= 11 is 4.60. The van der Waals surface area contributed by atoms with Gasteiger partial charge in [0.2, 0.25) is 6.41 Å². The highest BCUT2D eigenvalue weighted by Crippen LogP contribution is 1.90. The maximum Gasteiger partial charge on any atom is 0.215 e. The van der Waals surface area contributed by atoms with Crippen molar-refractivity contribution in [1.29, 1.82) is 0 Å². The van der Waals surface area contributed by atoms with Crippen LogP contribution in [0, 0.1) is 0 Å². The zero-order valence-corrected chi connectivity index (χ0v) is 6.86. The smallest absolute Gasteiger partial charge is 0.215 e. The van der Waals surface area contributed by atoms with E-state index in [0.29, 0.717) is 13.0 Å². The minimum atomic E-state index is 0.156. The van der Waals surface area contributed by atoms with Crippen LogP contribution in [0.15, 0.2) is 0 Å². The van der Waals surface area contributed by atoms with Crippen LogP contribution in [-0.4, -0.2) is 23.0 Å². The first-order chi connectivity index (χ1) is 4.72. The average Bonchev–Trinajstić information content (AvgIpc) is 1.89. The molecule has 0 spiro atoms. The maximum absolute atomic E-state index is 10.2. The van der Waals surface area contributed by atoms with Gasteiger partial charge in [0.1, 0.15) is 0 Å². The fourth-order valence-corrected chi connectivity index (χ4v) is 0.678. The van der Waals surface area contributed by atoms with Gasteiger partial charge >= 0.3 is 0 Å². The summed E-state index contributed by atoms with van der Waals surface area (Å²) in [7, 11) is 0. The monoisotopic (exact) mass is 160 g/mol. The number of hydrogen-bond acceptors (Lipinski definition) is 2. The summed E-state index contributed by atoms with van der Waals surface area (Å²) in [6.45, 7) is 2.68. The molecular weight excluding hydrogens is 148 g/mol. The van der Waals surface area contributed by atoms with Crippen LogP contribution in [0.2, 0.25) is 0 Å². The zero-order chi connectivity index (χ0) is 7.98. The van der Waals surface area contributed by atoms with E-state index in [2.05, 4.69) is 12.2 Å². The molecule has 0 aromatic carbocycles. The number of hydrogen-bond donors (Lipinski definition) is 1. The molecule has 3 nitrogen and oxygen atoms in total. The predicted molar refractivity (Wildman–Crippen MR) is 44.5 cm³/mol. The van der Waals surface area contributed by atoms with E-state index in [-0.39, 0.29) is 5.11 Å². The molecule has 0 saturated carbocycles. The van der Waals surface area contributed by atoms with Gasteiger partial charge in [0.15, 0.2) is 5.11 Å². The van der Waals surface area contributed by atoms with E-state index >= 15 is 0 Å². The summed E-state index contributed by atoms with van der Waals surface area (Å²) in [5.41, 5.74) is 5.21. The Labute approximate surface area is 66.2 Å². The van der Waals surface area contributed by atoms with Crippen molar-refractivity contribution in [2.24, 2.45) is 5.73 Å². The standard InChI is InChI=1S/C6H12N2OS/c1-2-3-4-8(5-9)6(7)10/h5H,2-4H2,1H3,(H2,7,10). The van der Waals surface area contributed by atoms with Gasteiger partial charge in [-0.15, -0.1) is 0 Å². The molecule has 0 aromatic heterocycles. The lowest BCUT2D eigenvalue weighted by molar-refractivity contribution is -0.114. The Hall–Kier alpha value is -0.640. The predicted octanol–water partition coefficient (Wildman–Crippen LogP) is 0.489. The fraction of sp³-hybridized carbons (Fsp3) is 0.667. The Morgan fingerprint density at radius 1 is 1.80 bits per heavy atom. The molecule has 0 aromatic rings. The molecule has 0 fully saturated rings. The first kappa shape index (κ1) is 9.36. The Balaban J connectivity index is 3.60. The first-order valence-corrected chi connectivity index (χ1v) is 3.64. The molecule has 0 saturated heterocycles. The molecule has 0 atom stereocenters. The molecule has 0 aliphatic carbocycles. The fourth-order valence-electron chi connectivity index (χ4n) is 0.543. The van der Waals surface area contributed by atoms with Crippen molar-refractivity contribution >= 4 is 23.7 Å². The van der Waals surface area contributed by atoms with E-state index in [0.717, 1.165) is 12.8 Å². The van der Waals surface area contributed by atoms with Crippen LogP contribution in [0.3, 0.4) is 0 Å². The van der Waals surface area contributed by atoms with Crippen LogP contribution < -0.4 is 5.73 Å². The topological polar surface area (TPSA) is 46.3 Å². The number of unbranched alkanes of at least 4 members (excludes halogenated alkanes) is 1. The third-order valence-electron chi connectivity index (χ3n) is 1.16. The Kier molecular flexibility index (Phi) is 4.84.